The molecule has 21 heavy (non-hydrogen) atoms. The Morgan fingerprint density at radius 3 is 2.71 bits per heavy atom. The molecule has 2 rings (SSSR count). The van der Waals surface area contributed by atoms with Crippen molar-refractivity contribution in [1.82, 2.24) is 0 Å². The van der Waals surface area contributed by atoms with E-state index in [1.165, 1.54) is 6.08 Å². The van der Waals surface area contributed by atoms with Crippen molar-refractivity contribution in [1.29, 1.82) is 0 Å². The molecule has 0 radical (unpaired) electrons. The molecule has 1 saturated carbocycles. The zero-order chi connectivity index (χ0) is 15.3. The van der Waals surface area contributed by atoms with Crippen LogP contribution in [0.5, 0.6) is 0 Å². The highest BCUT2D eigenvalue weighted by Crippen LogP contribution is 2.30. The predicted molar refractivity (Wildman–Crippen MR) is 81.7 cm³/mol. The third-order valence-electron chi connectivity index (χ3n) is 3.70. The van der Waals surface area contributed by atoms with Gasteiger partial charge >= 0.3 is 5.97 Å². The Balaban J connectivity index is 1.97. The van der Waals surface area contributed by atoms with Gasteiger partial charge in [0.15, 0.2) is 0 Å². The molecule has 5 heteroatoms. The Morgan fingerprint density at radius 1 is 1.33 bits per heavy atom. The molecule has 0 atom stereocenters. The summed E-state index contributed by atoms with van der Waals surface area (Å²) in [6.07, 6.45) is 6.82. The van der Waals surface area contributed by atoms with Gasteiger partial charge in [0.1, 0.15) is 0 Å². The fourth-order valence-electron chi connectivity index (χ4n) is 2.67. The summed E-state index contributed by atoms with van der Waals surface area (Å²) in [5, 5.41) is 11.4. The number of anilines is 1. The Kier molecular flexibility index (Phi) is 4.75. The van der Waals surface area contributed by atoms with Crippen LogP contribution in [0.15, 0.2) is 30.3 Å². The monoisotopic (exact) mass is 288 g/mol. The zero-order valence-electron chi connectivity index (χ0n) is 11.8. The highest BCUT2D eigenvalue weighted by Gasteiger charge is 2.31. The van der Waals surface area contributed by atoms with Crippen LogP contribution in [-0.4, -0.2) is 22.5 Å². The van der Waals surface area contributed by atoms with E-state index in [9.17, 15) is 9.59 Å². The van der Waals surface area contributed by atoms with Gasteiger partial charge in [-0.3, -0.25) is 4.79 Å². The minimum atomic E-state index is -1.00. The number of carbonyl (C=O) groups excluding carboxylic acids is 1. The maximum Gasteiger partial charge on any atom is 0.328 e. The molecule has 0 heterocycles. The molecule has 1 aromatic rings. The number of aliphatic carboxylic acids is 1. The van der Waals surface area contributed by atoms with Crippen molar-refractivity contribution in [3.8, 4) is 0 Å². The minimum absolute atomic E-state index is 0.0984. The standard InChI is InChI=1S/C16H20N2O3/c17-16(8-1-2-9-16)11-14(19)18-13-5-3-4-12(10-13)6-7-15(20)21/h3-7,10H,1-2,8-9,11,17H2,(H,18,19)(H,20,21)/b7-6+. The third-order valence-corrected chi connectivity index (χ3v) is 3.70. The number of nitrogens with one attached hydrogen (secondary N) is 1. The second kappa shape index (κ2) is 6.54. The van der Waals surface area contributed by atoms with Crippen LogP contribution in [0.25, 0.3) is 6.08 Å². The highest BCUT2D eigenvalue weighted by molar-refractivity contribution is 5.92. The predicted octanol–water partition coefficient (Wildman–Crippen LogP) is 2.38. The van der Waals surface area contributed by atoms with Gasteiger partial charge in [-0.25, -0.2) is 4.79 Å². The van der Waals surface area contributed by atoms with Crippen molar-refractivity contribution in [2.45, 2.75) is 37.6 Å². The largest absolute Gasteiger partial charge is 0.478 e. The van der Waals surface area contributed by atoms with Crippen LogP contribution in [-0.2, 0) is 9.59 Å². The van der Waals surface area contributed by atoms with Gasteiger partial charge in [0.25, 0.3) is 0 Å². The second-order valence-electron chi connectivity index (χ2n) is 5.59. The Bertz CT molecular complexity index is 560. The van der Waals surface area contributed by atoms with E-state index >= 15 is 0 Å². The van der Waals surface area contributed by atoms with E-state index in [0.29, 0.717) is 12.1 Å². The molecule has 1 aliphatic rings. The van der Waals surface area contributed by atoms with E-state index in [4.69, 9.17) is 10.8 Å². The van der Waals surface area contributed by atoms with Gasteiger partial charge in [-0.15, -0.1) is 0 Å². The number of benzene rings is 1. The van der Waals surface area contributed by atoms with Crippen molar-refractivity contribution in [3.05, 3.63) is 35.9 Å². The number of hydrogen-bond acceptors (Lipinski definition) is 3. The van der Waals surface area contributed by atoms with E-state index < -0.39 is 5.97 Å². The number of amides is 1. The number of rotatable bonds is 5. The summed E-state index contributed by atoms with van der Waals surface area (Å²) in [5.41, 5.74) is 7.19. The van der Waals surface area contributed by atoms with Crippen LogP contribution >= 0.6 is 0 Å². The summed E-state index contributed by atoms with van der Waals surface area (Å²) < 4.78 is 0. The molecule has 0 aromatic heterocycles. The first-order chi connectivity index (χ1) is 9.97. The second-order valence-corrected chi connectivity index (χ2v) is 5.59. The first kappa shape index (κ1) is 15.3. The summed E-state index contributed by atoms with van der Waals surface area (Å²) in [6.45, 7) is 0. The number of hydrogen-bond donors (Lipinski definition) is 3. The lowest BCUT2D eigenvalue weighted by Crippen LogP contribution is -2.40. The summed E-state index contributed by atoms with van der Waals surface area (Å²) in [5.74, 6) is -1.10. The first-order valence-electron chi connectivity index (χ1n) is 7.07. The van der Waals surface area contributed by atoms with E-state index in [1.807, 2.05) is 0 Å². The average Bonchev–Trinajstić information content (AvgIpc) is 2.83. The average molecular weight is 288 g/mol. The van der Waals surface area contributed by atoms with E-state index in [0.717, 1.165) is 37.3 Å². The molecule has 0 unspecified atom stereocenters. The summed E-state index contributed by atoms with van der Waals surface area (Å²) in [4.78, 5) is 22.5. The number of carboxylic acids is 1. The fourth-order valence-corrected chi connectivity index (χ4v) is 2.67. The molecule has 1 amide bonds. The molecular weight excluding hydrogens is 268 g/mol. The topological polar surface area (TPSA) is 92.4 Å². The van der Waals surface area contributed by atoms with Crippen molar-refractivity contribution >= 4 is 23.6 Å². The minimum Gasteiger partial charge on any atom is -0.478 e. The summed E-state index contributed by atoms with van der Waals surface area (Å²) in [7, 11) is 0. The van der Waals surface area contributed by atoms with Gasteiger partial charge in [-0.1, -0.05) is 25.0 Å². The smallest absolute Gasteiger partial charge is 0.328 e. The van der Waals surface area contributed by atoms with Crippen LogP contribution in [0, 0.1) is 0 Å². The molecule has 5 nitrogen and oxygen atoms in total. The zero-order valence-corrected chi connectivity index (χ0v) is 11.8. The molecule has 1 fully saturated rings. The maximum atomic E-state index is 12.0. The summed E-state index contributed by atoms with van der Waals surface area (Å²) in [6, 6.07) is 7.05. The van der Waals surface area contributed by atoms with Crippen molar-refractivity contribution in [2.24, 2.45) is 5.73 Å². The van der Waals surface area contributed by atoms with E-state index in [2.05, 4.69) is 5.32 Å². The van der Waals surface area contributed by atoms with Gasteiger partial charge in [0.05, 0.1) is 0 Å². The van der Waals surface area contributed by atoms with Gasteiger partial charge in [0, 0.05) is 23.7 Å². The Labute approximate surface area is 123 Å². The molecule has 1 aromatic carbocycles. The summed E-state index contributed by atoms with van der Waals surface area (Å²) >= 11 is 0. The lowest BCUT2D eigenvalue weighted by Gasteiger charge is -2.22. The maximum absolute atomic E-state index is 12.0. The molecule has 112 valence electrons. The van der Waals surface area contributed by atoms with Crippen molar-refractivity contribution in [3.63, 3.8) is 0 Å². The SMILES string of the molecule is NC1(CC(=O)Nc2cccc(/C=C/C(=O)O)c2)CCCC1. The Morgan fingerprint density at radius 2 is 2.05 bits per heavy atom. The van der Waals surface area contributed by atoms with E-state index in [1.54, 1.807) is 24.3 Å². The van der Waals surface area contributed by atoms with Crippen LogP contribution in [0.4, 0.5) is 5.69 Å². The van der Waals surface area contributed by atoms with Gasteiger partial charge in [0.2, 0.25) is 5.91 Å². The number of nitrogens with two attached hydrogens (primary N) is 1. The van der Waals surface area contributed by atoms with E-state index in [-0.39, 0.29) is 11.4 Å². The lowest BCUT2D eigenvalue weighted by molar-refractivity contribution is -0.131. The van der Waals surface area contributed by atoms with Crippen LogP contribution in [0.3, 0.4) is 0 Å². The van der Waals surface area contributed by atoms with Gasteiger partial charge in [-0.2, -0.15) is 0 Å². The quantitative estimate of drug-likeness (QED) is 0.725. The molecule has 0 saturated heterocycles. The van der Waals surface area contributed by atoms with Crippen molar-refractivity contribution in [2.75, 3.05) is 5.32 Å². The van der Waals surface area contributed by atoms with Crippen molar-refractivity contribution < 1.29 is 14.7 Å². The molecule has 0 spiro atoms. The number of carbonyl (C=O) groups is 2. The van der Waals surface area contributed by atoms with Crippen LogP contribution < -0.4 is 11.1 Å². The Hall–Kier alpha value is -2.14. The van der Waals surface area contributed by atoms with Crippen LogP contribution in [0.1, 0.15) is 37.7 Å². The molecule has 0 bridgehead atoms. The lowest BCUT2D eigenvalue weighted by atomic mass is 9.94. The number of carboxylic acid groups (broad SMARTS) is 1. The first-order valence-corrected chi connectivity index (χ1v) is 7.07. The highest BCUT2D eigenvalue weighted by atomic mass is 16.4. The van der Waals surface area contributed by atoms with Crippen LogP contribution in [0.2, 0.25) is 0 Å². The molecule has 0 aliphatic heterocycles. The van der Waals surface area contributed by atoms with Gasteiger partial charge in [-0.05, 0) is 36.6 Å². The normalized spacial score (nSPS) is 17.0. The fraction of sp³-hybridized carbons (Fsp3) is 0.375. The van der Waals surface area contributed by atoms with Gasteiger partial charge < -0.3 is 16.2 Å². The molecule has 4 N–H and O–H groups in total. The third kappa shape index (κ3) is 4.72. The molecular formula is C16H20N2O3. The molecule has 1 aliphatic carbocycles.